The molecule has 4 aromatic heterocycles. The summed E-state index contributed by atoms with van der Waals surface area (Å²) in [4.78, 5) is 35.5. The molecule has 5 aromatic rings. The molecule has 1 saturated carbocycles. The molecule has 202 valence electrons. The average Bonchev–Trinajstić information content (AvgIpc) is 3.66. The van der Waals surface area contributed by atoms with Crippen LogP contribution in [-0.2, 0) is 6.54 Å². The predicted molar refractivity (Wildman–Crippen MR) is 151 cm³/mol. The van der Waals surface area contributed by atoms with E-state index >= 15 is 0 Å². The second kappa shape index (κ2) is 11.4. The minimum Gasteiger partial charge on any atom is -0.308 e. The maximum atomic E-state index is 12.6. The molecule has 0 amide bonds. The van der Waals surface area contributed by atoms with Crippen LogP contribution in [0, 0.1) is 0 Å². The first-order valence-corrected chi connectivity index (χ1v) is 14.0. The van der Waals surface area contributed by atoms with Crippen LogP contribution in [0.2, 0.25) is 0 Å². The van der Waals surface area contributed by atoms with E-state index in [0.717, 1.165) is 45.3 Å². The third-order valence-corrected chi connectivity index (χ3v) is 8.06. The van der Waals surface area contributed by atoms with Crippen molar-refractivity contribution in [3.05, 3.63) is 106 Å². The summed E-state index contributed by atoms with van der Waals surface area (Å²) < 4.78 is 7.28. The first-order chi connectivity index (χ1) is 19.2. The van der Waals surface area contributed by atoms with Crippen molar-refractivity contribution in [2.75, 3.05) is 13.1 Å². The van der Waals surface area contributed by atoms with E-state index in [4.69, 9.17) is 0 Å². The van der Waals surface area contributed by atoms with Crippen LogP contribution in [0.25, 0.3) is 11.3 Å². The van der Waals surface area contributed by atoms with E-state index in [9.17, 15) is 9.59 Å². The van der Waals surface area contributed by atoms with Crippen molar-refractivity contribution in [2.45, 2.75) is 63.6 Å². The second-order valence-corrected chi connectivity index (χ2v) is 10.6. The van der Waals surface area contributed by atoms with E-state index in [0.29, 0.717) is 17.3 Å². The number of rotatable bonds is 4. The molecule has 39 heavy (non-hydrogen) atoms. The number of benzene rings is 1. The van der Waals surface area contributed by atoms with Crippen molar-refractivity contribution < 1.29 is 0 Å². The van der Waals surface area contributed by atoms with Crippen LogP contribution >= 0.6 is 0 Å². The van der Waals surface area contributed by atoms with Crippen molar-refractivity contribution in [1.29, 1.82) is 0 Å². The highest BCUT2D eigenvalue weighted by molar-refractivity contribution is 5.35. The highest BCUT2D eigenvalue weighted by Crippen LogP contribution is 2.26. The van der Waals surface area contributed by atoms with Gasteiger partial charge in [-0.1, -0.05) is 49.6 Å². The number of nitrogens with zero attached hydrogens (tertiary/aromatic N) is 7. The maximum Gasteiger partial charge on any atom is 0.294 e. The first-order valence-electron chi connectivity index (χ1n) is 14.0. The van der Waals surface area contributed by atoms with Gasteiger partial charge in [-0.3, -0.25) is 14.5 Å². The van der Waals surface area contributed by atoms with Gasteiger partial charge in [0.15, 0.2) is 0 Å². The summed E-state index contributed by atoms with van der Waals surface area (Å²) in [6.45, 7) is 2.94. The van der Waals surface area contributed by atoms with E-state index in [1.807, 2.05) is 52.4 Å². The van der Waals surface area contributed by atoms with Gasteiger partial charge >= 0.3 is 0 Å². The molecule has 1 atom stereocenters. The number of hydrogen-bond donors (Lipinski definition) is 0. The topological polar surface area (TPSA) is 81.8 Å². The van der Waals surface area contributed by atoms with Crippen molar-refractivity contribution in [2.24, 2.45) is 0 Å². The Balaban J connectivity index is 0.000000151. The van der Waals surface area contributed by atoms with Crippen LogP contribution in [0.15, 0.2) is 89.5 Å². The summed E-state index contributed by atoms with van der Waals surface area (Å²) in [5.41, 5.74) is 2.41. The van der Waals surface area contributed by atoms with Gasteiger partial charge in [0.1, 0.15) is 0 Å². The lowest BCUT2D eigenvalue weighted by molar-refractivity contribution is 0.168. The highest BCUT2D eigenvalue weighted by Gasteiger charge is 2.23. The number of fused-ring (bicyclic) bond motifs is 2. The van der Waals surface area contributed by atoms with E-state index in [-0.39, 0.29) is 17.2 Å². The Labute approximate surface area is 227 Å². The van der Waals surface area contributed by atoms with Crippen LogP contribution in [0.5, 0.6) is 0 Å². The summed E-state index contributed by atoms with van der Waals surface area (Å²) in [5, 5.41) is 0. The Bertz CT molecular complexity index is 1640. The summed E-state index contributed by atoms with van der Waals surface area (Å²) >= 11 is 0. The molecule has 0 radical (unpaired) electrons. The largest absolute Gasteiger partial charge is 0.308 e. The van der Waals surface area contributed by atoms with Crippen LogP contribution in [-0.4, -0.2) is 45.9 Å². The van der Waals surface area contributed by atoms with Crippen molar-refractivity contribution in [3.8, 4) is 0 Å². The molecular formula is C30H35N7O2. The van der Waals surface area contributed by atoms with Gasteiger partial charge in [-0.2, -0.15) is 0 Å². The molecular weight excluding hydrogens is 490 g/mol. The SMILES string of the molecule is O=c1c2nccn2ccn1C1CCCCC1.O=c1c2nccn2ccn1[C@@H]1CCCN(Cc2ccccc2)C1. The zero-order valence-corrected chi connectivity index (χ0v) is 22.2. The van der Waals surface area contributed by atoms with Gasteiger partial charge in [0.2, 0.25) is 11.3 Å². The zero-order valence-electron chi connectivity index (χ0n) is 22.2. The third kappa shape index (κ3) is 5.45. The fraction of sp³-hybridized carbons (Fsp3) is 0.400. The molecule has 0 bridgehead atoms. The van der Waals surface area contributed by atoms with E-state index in [1.54, 1.807) is 21.2 Å². The van der Waals surface area contributed by atoms with Crippen LogP contribution in [0.1, 0.15) is 62.6 Å². The van der Waals surface area contributed by atoms with Crippen molar-refractivity contribution in [3.63, 3.8) is 0 Å². The van der Waals surface area contributed by atoms with Gasteiger partial charge < -0.3 is 17.9 Å². The highest BCUT2D eigenvalue weighted by atomic mass is 16.1. The minimum atomic E-state index is 0.00376. The Kier molecular flexibility index (Phi) is 7.40. The quantitative estimate of drug-likeness (QED) is 0.349. The minimum absolute atomic E-state index is 0.00376. The molecule has 0 spiro atoms. The summed E-state index contributed by atoms with van der Waals surface area (Å²) in [6.07, 6.45) is 22.7. The van der Waals surface area contributed by atoms with E-state index in [2.05, 4.69) is 39.1 Å². The predicted octanol–water partition coefficient (Wildman–Crippen LogP) is 4.33. The number of hydrogen-bond acceptors (Lipinski definition) is 5. The van der Waals surface area contributed by atoms with Crippen molar-refractivity contribution in [1.82, 2.24) is 32.8 Å². The van der Waals surface area contributed by atoms with Crippen LogP contribution in [0.4, 0.5) is 0 Å². The third-order valence-electron chi connectivity index (χ3n) is 8.06. The van der Waals surface area contributed by atoms with Crippen LogP contribution in [0.3, 0.4) is 0 Å². The van der Waals surface area contributed by atoms with Crippen molar-refractivity contribution >= 4 is 11.3 Å². The molecule has 1 aliphatic heterocycles. The Morgan fingerprint density at radius 2 is 1.26 bits per heavy atom. The second-order valence-electron chi connectivity index (χ2n) is 10.6. The lowest BCUT2D eigenvalue weighted by Crippen LogP contribution is -2.39. The fourth-order valence-electron chi connectivity index (χ4n) is 6.03. The number of likely N-dealkylation sites (tertiary alicyclic amines) is 1. The molecule has 5 heterocycles. The van der Waals surface area contributed by atoms with Gasteiger partial charge in [0.05, 0.1) is 0 Å². The molecule has 1 saturated heterocycles. The van der Waals surface area contributed by atoms with Crippen LogP contribution < -0.4 is 11.1 Å². The lowest BCUT2D eigenvalue weighted by atomic mass is 9.95. The monoisotopic (exact) mass is 525 g/mol. The molecule has 2 fully saturated rings. The first kappa shape index (κ1) is 25.3. The molecule has 1 aliphatic carbocycles. The summed E-state index contributed by atoms with van der Waals surface area (Å²) in [5.74, 6) is 0. The molecule has 0 N–H and O–H groups in total. The van der Waals surface area contributed by atoms with Gasteiger partial charge in [0.25, 0.3) is 11.1 Å². The van der Waals surface area contributed by atoms with Gasteiger partial charge in [0, 0.05) is 74.7 Å². The fourth-order valence-corrected chi connectivity index (χ4v) is 6.03. The molecule has 9 nitrogen and oxygen atoms in total. The van der Waals surface area contributed by atoms with Gasteiger partial charge in [-0.25, -0.2) is 9.97 Å². The smallest absolute Gasteiger partial charge is 0.294 e. The summed E-state index contributed by atoms with van der Waals surface area (Å²) in [7, 11) is 0. The molecule has 9 heteroatoms. The lowest BCUT2D eigenvalue weighted by Gasteiger charge is -2.33. The molecule has 7 rings (SSSR count). The zero-order chi connectivity index (χ0) is 26.6. The van der Waals surface area contributed by atoms with E-state index < -0.39 is 0 Å². The number of piperidine rings is 1. The molecule has 0 unspecified atom stereocenters. The summed E-state index contributed by atoms with van der Waals surface area (Å²) in [6, 6.07) is 11.1. The van der Waals surface area contributed by atoms with E-state index in [1.165, 1.54) is 24.8 Å². The Morgan fingerprint density at radius 1 is 0.667 bits per heavy atom. The maximum absolute atomic E-state index is 12.6. The average molecular weight is 526 g/mol. The number of aromatic nitrogens is 6. The van der Waals surface area contributed by atoms with Gasteiger partial charge in [-0.15, -0.1) is 0 Å². The normalized spacial score (nSPS) is 18.7. The standard InChI is InChI=1S/C18H20N4O.C12H15N3O/c23-18-17-19-8-10-21(17)11-12-22(18)16-7-4-9-20(14-16)13-15-5-2-1-3-6-15;16-12-11-13-6-7-14(11)8-9-15(12)10-4-2-1-3-5-10/h1-3,5-6,8,10-12,16H,4,7,9,13-14H2;6-10H,1-5H2/t16-;/m1./s1. The Morgan fingerprint density at radius 3 is 1.90 bits per heavy atom. The Hall–Kier alpha value is -3.98. The molecule has 1 aromatic carbocycles. The van der Waals surface area contributed by atoms with Gasteiger partial charge in [-0.05, 0) is 37.8 Å². The molecule has 2 aliphatic rings. The number of imidazole rings is 2.